The molecule has 4 rings (SSSR count). The van der Waals surface area contributed by atoms with Crippen molar-refractivity contribution in [3.63, 3.8) is 0 Å². The van der Waals surface area contributed by atoms with E-state index in [1.807, 2.05) is 6.92 Å². The number of rotatable bonds is 3. The zero-order chi connectivity index (χ0) is 25.2. The Morgan fingerprint density at radius 3 is 2.49 bits per heavy atom. The van der Waals surface area contributed by atoms with E-state index in [1.165, 1.54) is 17.0 Å². The number of nitrogen functional groups attached to an aromatic ring is 1. The van der Waals surface area contributed by atoms with Crippen LogP contribution in [0.1, 0.15) is 38.3 Å². The van der Waals surface area contributed by atoms with Crippen LogP contribution < -0.4 is 11.1 Å². The summed E-state index contributed by atoms with van der Waals surface area (Å²) in [7, 11) is 0. The molecule has 0 saturated heterocycles. The molecule has 0 aliphatic carbocycles. The molecule has 2 aromatic carbocycles. The third kappa shape index (κ3) is 5.68. The van der Waals surface area contributed by atoms with Crippen LogP contribution in [0.3, 0.4) is 0 Å². The lowest BCUT2D eigenvalue weighted by Gasteiger charge is -2.14. The van der Waals surface area contributed by atoms with Crippen LogP contribution in [0, 0.1) is 25.7 Å². The number of aromatic nitrogens is 3. The molecule has 0 aliphatic rings. The normalized spacial score (nSPS) is 11.0. The molecule has 6 nitrogen and oxygen atoms in total. The Morgan fingerprint density at radius 1 is 1.03 bits per heavy atom. The maximum absolute atomic E-state index is 13.5. The van der Waals surface area contributed by atoms with Gasteiger partial charge in [0.2, 0.25) is 0 Å². The van der Waals surface area contributed by atoms with E-state index in [4.69, 9.17) is 5.73 Å². The summed E-state index contributed by atoms with van der Waals surface area (Å²) >= 11 is 0. The number of aryl methyl sites for hydroxylation is 2. The van der Waals surface area contributed by atoms with Crippen LogP contribution in [-0.4, -0.2) is 20.4 Å². The van der Waals surface area contributed by atoms with E-state index in [2.05, 4.69) is 27.1 Å². The van der Waals surface area contributed by atoms with E-state index in [1.54, 1.807) is 49.6 Å². The van der Waals surface area contributed by atoms with E-state index in [9.17, 15) is 18.0 Å². The van der Waals surface area contributed by atoms with Crippen LogP contribution >= 0.6 is 0 Å². The summed E-state index contributed by atoms with van der Waals surface area (Å²) in [6.07, 6.45) is -0.0313. The monoisotopic (exact) mass is 475 g/mol. The second-order valence-electron chi connectivity index (χ2n) is 7.89. The molecule has 176 valence electrons. The summed E-state index contributed by atoms with van der Waals surface area (Å²) in [5.74, 6) is 5.78. The number of pyridine rings is 1. The first-order valence-corrected chi connectivity index (χ1v) is 10.5. The Morgan fingerprint density at radius 2 is 1.83 bits per heavy atom. The number of hydrogen-bond donors (Lipinski definition) is 2. The molecule has 1 amide bonds. The summed E-state index contributed by atoms with van der Waals surface area (Å²) in [5, 5.41) is 2.57. The number of nitrogens with one attached hydrogen (secondary N) is 1. The van der Waals surface area contributed by atoms with Gasteiger partial charge in [-0.05, 0) is 61.9 Å². The summed E-state index contributed by atoms with van der Waals surface area (Å²) in [6, 6.07) is 11.6. The molecule has 0 unspecified atom stereocenters. The van der Waals surface area contributed by atoms with Gasteiger partial charge >= 0.3 is 6.18 Å². The van der Waals surface area contributed by atoms with Crippen LogP contribution in [-0.2, 0) is 6.18 Å². The second kappa shape index (κ2) is 9.35. The first-order valence-electron chi connectivity index (χ1n) is 10.5. The minimum atomic E-state index is -4.59. The van der Waals surface area contributed by atoms with Crippen molar-refractivity contribution in [3.05, 3.63) is 101 Å². The van der Waals surface area contributed by atoms with Crippen LogP contribution in [0.2, 0.25) is 0 Å². The minimum Gasteiger partial charge on any atom is -0.384 e. The molecule has 0 bridgehead atoms. The Balaban J connectivity index is 1.63. The molecular weight excluding hydrogens is 455 g/mol. The lowest BCUT2D eigenvalue weighted by Crippen LogP contribution is -2.14. The predicted molar refractivity (Wildman–Crippen MR) is 127 cm³/mol. The molecule has 35 heavy (non-hydrogen) atoms. The van der Waals surface area contributed by atoms with Gasteiger partial charge in [0, 0.05) is 40.5 Å². The number of hydrogen-bond acceptors (Lipinski definition) is 4. The summed E-state index contributed by atoms with van der Waals surface area (Å²) in [5.41, 5.74) is 7.93. The molecule has 0 fully saturated rings. The Bertz CT molecular complexity index is 1460. The predicted octanol–water partition coefficient (Wildman–Crippen LogP) is 5.14. The lowest BCUT2D eigenvalue weighted by molar-refractivity contribution is -0.137. The number of alkyl halides is 3. The van der Waals surface area contributed by atoms with E-state index in [-0.39, 0.29) is 16.9 Å². The van der Waals surface area contributed by atoms with Gasteiger partial charge in [-0.3, -0.25) is 4.79 Å². The zero-order valence-corrected chi connectivity index (χ0v) is 18.8. The number of anilines is 2. The van der Waals surface area contributed by atoms with Crippen LogP contribution in [0.5, 0.6) is 0 Å². The Hall–Kier alpha value is -4.58. The van der Waals surface area contributed by atoms with Crippen molar-refractivity contribution >= 4 is 17.4 Å². The van der Waals surface area contributed by atoms with Gasteiger partial charge in [0.05, 0.1) is 17.6 Å². The van der Waals surface area contributed by atoms with Crippen molar-refractivity contribution in [3.8, 4) is 17.5 Å². The zero-order valence-electron chi connectivity index (χ0n) is 18.8. The van der Waals surface area contributed by atoms with Gasteiger partial charge in [-0.25, -0.2) is 9.97 Å². The first-order chi connectivity index (χ1) is 16.6. The lowest BCUT2D eigenvalue weighted by atomic mass is 10.0. The molecule has 2 aromatic heterocycles. The van der Waals surface area contributed by atoms with Gasteiger partial charge in [-0.2, -0.15) is 13.2 Å². The quantitative estimate of drug-likeness (QED) is 0.402. The van der Waals surface area contributed by atoms with Gasteiger partial charge < -0.3 is 15.6 Å². The van der Waals surface area contributed by atoms with Crippen molar-refractivity contribution < 1.29 is 18.0 Å². The van der Waals surface area contributed by atoms with E-state index < -0.39 is 17.6 Å². The number of nitrogens with zero attached hydrogens (tertiary/aromatic N) is 3. The number of halogens is 3. The smallest absolute Gasteiger partial charge is 0.384 e. The average molecular weight is 475 g/mol. The van der Waals surface area contributed by atoms with Crippen LogP contribution in [0.4, 0.5) is 24.7 Å². The van der Waals surface area contributed by atoms with Crippen LogP contribution in [0.15, 0.2) is 67.3 Å². The highest BCUT2D eigenvalue weighted by molar-refractivity contribution is 6.04. The Labute approximate surface area is 199 Å². The van der Waals surface area contributed by atoms with Crippen molar-refractivity contribution in [2.75, 3.05) is 11.1 Å². The SMILES string of the molecule is Cc1cn(-c2cc(NC(=O)c3ccc(C)c(C#Cc4ccc(N)nc4)c3)cc(C(F)(F)F)c2)cn1. The van der Waals surface area contributed by atoms with E-state index in [0.29, 0.717) is 22.6 Å². The molecule has 0 atom stereocenters. The van der Waals surface area contributed by atoms with Crippen LogP contribution in [0.25, 0.3) is 5.69 Å². The molecular formula is C26H20F3N5O. The van der Waals surface area contributed by atoms with E-state index in [0.717, 1.165) is 17.7 Å². The second-order valence-corrected chi connectivity index (χ2v) is 7.89. The molecule has 2 heterocycles. The van der Waals surface area contributed by atoms with Crippen molar-refractivity contribution in [2.45, 2.75) is 20.0 Å². The number of nitrogens with two attached hydrogens (primary N) is 1. The van der Waals surface area contributed by atoms with Gasteiger partial charge in [0.15, 0.2) is 0 Å². The fourth-order valence-electron chi connectivity index (χ4n) is 3.28. The minimum absolute atomic E-state index is 0.00679. The summed E-state index contributed by atoms with van der Waals surface area (Å²) < 4.78 is 42.0. The van der Waals surface area contributed by atoms with Gasteiger partial charge in [-0.1, -0.05) is 17.9 Å². The molecule has 3 N–H and O–H groups in total. The third-order valence-electron chi connectivity index (χ3n) is 5.14. The molecule has 4 aromatic rings. The number of carbonyl (C=O) groups is 1. The van der Waals surface area contributed by atoms with Gasteiger partial charge in [0.1, 0.15) is 5.82 Å². The number of amides is 1. The summed E-state index contributed by atoms with van der Waals surface area (Å²) in [4.78, 5) is 21.0. The molecule has 0 saturated carbocycles. The highest BCUT2D eigenvalue weighted by atomic mass is 19.4. The summed E-state index contributed by atoms with van der Waals surface area (Å²) in [6.45, 7) is 3.58. The number of carbonyl (C=O) groups excluding carboxylic acids is 1. The number of imidazole rings is 1. The van der Waals surface area contributed by atoms with Crippen molar-refractivity contribution in [1.29, 1.82) is 0 Å². The molecule has 0 radical (unpaired) electrons. The molecule has 0 aliphatic heterocycles. The highest BCUT2D eigenvalue weighted by Gasteiger charge is 2.31. The maximum atomic E-state index is 13.5. The van der Waals surface area contributed by atoms with E-state index >= 15 is 0 Å². The topological polar surface area (TPSA) is 85.8 Å². The highest BCUT2D eigenvalue weighted by Crippen LogP contribution is 2.33. The third-order valence-corrected chi connectivity index (χ3v) is 5.14. The average Bonchev–Trinajstić information content (AvgIpc) is 3.25. The van der Waals surface area contributed by atoms with Gasteiger partial charge in [-0.15, -0.1) is 0 Å². The fourth-order valence-corrected chi connectivity index (χ4v) is 3.28. The fraction of sp³-hybridized carbons (Fsp3) is 0.115. The largest absolute Gasteiger partial charge is 0.416 e. The number of benzene rings is 2. The Kier molecular flexibility index (Phi) is 6.30. The van der Waals surface area contributed by atoms with Gasteiger partial charge in [0.25, 0.3) is 5.91 Å². The first kappa shape index (κ1) is 23.6. The molecule has 0 spiro atoms. The van der Waals surface area contributed by atoms with Crippen molar-refractivity contribution in [2.24, 2.45) is 0 Å². The standard InChI is InChI=1S/C26H20F3N5O/c1-16-3-6-20(9-19(16)7-4-18-5-8-24(30)31-13-18)25(35)33-22-10-21(26(27,28)29)11-23(12-22)34-14-17(2)32-15-34/h3,5-6,8-15H,1-2H3,(H2,30,31)(H,33,35). The molecule has 9 heteroatoms. The van der Waals surface area contributed by atoms with Crippen molar-refractivity contribution in [1.82, 2.24) is 14.5 Å². The maximum Gasteiger partial charge on any atom is 0.416 e.